The molecule has 0 atom stereocenters. The van der Waals surface area contributed by atoms with Gasteiger partial charge in [-0.2, -0.15) is 4.57 Å². The number of aromatic nitrogens is 1. The molecule has 0 radical (unpaired) electrons. The topological polar surface area (TPSA) is 73.0 Å². The van der Waals surface area contributed by atoms with Crippen LogP contribution in [0.3, 0.4) is 0 Å². The van der Waals surface area contributed by atoms with Crippen molar-refractivity contribution in [3.63, 3.8) is 0 Å². The Morgan fingerprint density at radius 2 is 1.63 bits per heavy atom. The number of rotatable bonds is 4. The maximum atomic E-state index is 12.8. The van der Waals surface area contributed by atoms with Crippen molar-refractivity contribution in [2.75, 3.05) is 12.3 Å². The molecule has 0 unspecified atom stereocenters. The van der Waals surface area contributed by atoms with Gasteiger partial charge in [0.25, 0.3) is 0 Å². The average molecular weight is 356 g/mol. The predicted octanol–water partition coefficient (Wildman–Crippen LogP) is 3.60. The second kappa shape index (κ2) is 6.82. The number of ketones is 1. The first-order valence-electron chi connectivity index (χ1n) is 9.04. The lowest BCUT2D eigenvalue weighted by molar-refractivity contribution is -0.617. The molecular formula is C23H22N3O+. The Hall–Kier alpha value is -3.24. The van der Waals surface area contributed by atoms with Crippen LogP contribution in [0.4, 0.5) is 5.69 Å². The summed E-state index contributed by atoms with van der Waals surface area (Å²) in [6.07, 6.45) is 0.330. The van der Waals surface area contributed by atoms with Crippen LogP contribution in [0.15, 0.2) is 66.7 Å². The molecule has 4 heteroatoms. The molecular weight excluding hydrogens is 334 g/mol. The van der Waals surface area contributed by atoms with Crippen LogP contribution in [0, 0.1) is 0 Å². The van der Waals surface area contributed by atoms with E-state index < -0.39 is 0 Å². The molecule has 0 saturated heterocycles. The fourth-order valence-electron chi connectivity index (χ4n) is 3.77. The second-order valence-electron chi connectivity index (χ2n) is 6.73. The van der Waals surface area contributed by atoms with Gasteiger partial charge in [0.05, 0.1) is 10.8 Å². The highest BCUT2D eigenvalue weighted by molar-refractivity contribution is 6.16. The zero-order chi connectivity index (χ0) is 19.0. The molecule has 0 amide bonds. The third-order valence-corrected chi connectivity index (χ3v) is 5.06. The molecule has 27 heavy (non-hydrogen) atoms. The normalized spacial score (nSPS) is 11.2. The van der Waals surface area contributed by atoms with Crippen LogP contribution in [0.2, 0.25) is 0 Å². The molecule has 1 aromatic heterocycles. The van der Waals surface area contributed by atoms with Crippen LogP contribution in [-0.4, -0.2) is 12.3 Å². The zero-order valence-electron chi connectivity index (χ0n) is 15.3. The smallest absolute Gasteiger partial charge is 0.214 e. The van der Waals surface area contributed by atoms with Crippen molar-refractivity contribution >= 4 is 33.3 Å². The summed E-state index contributed by atoms with van der Waals surface area (Å²) in [7, 11) is 2.04. The Balaban J connectivity index is 2.21. The standard InChI is InChI=1S/C23H21N3O/c1-26-19-7-3-2-5-17(19)22(15-9-11-16(25)12-10-15)23-18(21(27)13-14-24)6-4-8-20(23)26/h2-12,25H,13-14,24H2,1H3/p+1. The Morgan fingerprint density at radius 3 is 2.37 bits per heavy atom. The van der Waals surface area contributed by atoms with Crippen molar-refractivity contribution in [2.24, 2.45) is 12.8 Å². The third kappa shape index (κ3) is 2.84. The first-order valence-corrected chi connectivity index (χ1v) is 9.04. The van der Waals surface area contributed by atoms with Gasteiger partial charge in [-0.1, -0.05) is 36.4 Å². The molecule has 0 fully saturated rings. The molecule has 0 saturated carbocycles. The van der Waals surface area contributed by atoms with Crippen molar-refractivity contribution in [3.8, 4) is 11.1 Å². The number of Topliss-reactive ketones (excluding diaryl/α,β-unsaturated/α-hetero) is 1. The fourth-order valence-corrected chi connectivity index (χ4v) is 3.77. The van der Waals surface area contributed by atoms with Crippen LogP contribution in [0.1, 0.15) is 16.8 Å². The van der Waals surface area contributed by atoms with Gasteiger partial charge in [0.1, 0.15) is 7.05 Å². The van der Waals surface area contributed by atoms with Crippen LogP contribution in [0.5, 0.6) is 0 Å². The van der Waals surface area contributed by atoms with Gasteiger partial charge >= 0.3 is 0 Å². The number of nitrogens with two attached hydrogens (primary N) is 2. The lowest BCUT2D eigenvalue weighted by Crippen LogP contribution is -2.31. The van der Waals surface area contributed by atoms with Gasteiger partial charge in [-0.15, -0.1) is 0 Å². The van der Waals surface area contributed by atoms with Crippen LogP contribution >= 0.6 is 0 Å². The predicted molar refractivity (Wildman–Crippen MR) is 110 cm³/mol. The summed E-state index contributed by atoms with van der Waals surface area (Å²) in [4.78, 5) is 12.8. The van der Waals surface area contributed by atoms with E-state index in [1.165, 1.54) is 0 Å². The van der Waals surface area contributed by atoms with E-state index in [9.17, 15) is 4.79 Å². The minimum Gasteiger partial charge on any atom is -0.399 e. The molecule has 4 aromatic rings. The molecule has 4 rings (SSSR count). The van der Waals surface area contributed by atoms with E-state index in [0.29, 0.717) is 24.2 Å². The Labute approximate surface area is 158 Å². The number of nitrogen functional groups attached to an aromatic ring is 1. The van der Waals surface area contributed by atoms with Crippen molar-refractivity contribution in [1.82, 2.24) is 0 Å². The number of benzene rings is 3. The molecule has 134 valence electrons. The summed E-state index contributed by atoms with van der Waals surface area (Å²) in [6.45, 7) is 0.339. The molecule has 0 bridgehead atoms. The van der Waals surface area contributed by atoms with Crippen LogP contribution in [0.25, 0.3) is 32.9 Å². The maximum Gasteiger partial charge on any atom is 0.214 e. The fraction of sp³-hybridized carbons (Fsp3) is 0.130. The lowest BCUT2D eigenvalue weighted by atomic mass is 9.91. The molecule has 3 aromatic carbocycles. The second-order valence-corrected chi connectivity index (χ2v) is 6.73. The number of carbonyl (C=O) groups excluding carboxylic acids is 1. The van der Waals surface area contributed by atoms with E-state index in [4.69, 9.17) is 11.5 Å². The Kier molecular flexibility index (Phi) is 4.34. The Bertz CT molecular complexity index is 1160. The van der Waals surface area contributed by atoms with Gasteiger partial charge in [-0.05, 0) is 30.3 Å². The highest BCUT2D eigenvalue weighted by Crippen LogP contribution is 2.36. The third-order valence-electron chi connectivity index (χ3n) is 5.06. The molecule has 0 aliphatic rings. The van der Waals surface area contributed by atoms with Gasteiger partial charge in [-0.3, -0.25) is 4.79 Å². The summed E-state index contributed by atoms with van der Waals surface area (Å²) in [5.41, 5.74) is 17.2. The molecule has 0 aliphatic carbocycles. The summed E-state index contributed by atoms with van der Waals surface area (Å²) >= 11 is 0. The van der Waals surface area contributed by atoms with E-state index in [1.54, 1.807) is 0 Å². The highest BCUT2D eigenvalue weighted by Gasteiger charge is 2.23. The molecule has 4 nitrogen and oxygen atoms in total. The number of anilines is 1. The van der Waals surface area contributed by atoms with Gasteiger partial charge in [0.15, 0.2) is 5.78 Å². The number of hydrogen-bond acceptors (Lipinski definition) is 3. The SMILES string of the molecule is C[n+]1c2ccccc2c(-c2ccc(N)cc2)c2c(C(=O)CCN)cccc21. The highest BCUT2D eigenvalue weighted by atomic mass is 16.1. The number of pyridine rings is 1. The summed E-state index contributed by atoms with van der Waals surface area (Å²) < 4.78 is 2.14. The van der Waals surface area contributed by atoms with E-state index in [0.717, 1.165) is 32.9 Å². The average Bonchev–Trinajstić information content (AvgIpc) is 2.69. The van der Waals surface area contributed by atoms with E-state index >= 15 is 0 Å². The van der Waals surface area contributed by atoms with Gasteiger partial charge in [-0.25, -0.2) is 0 Å². The largest absolute Gasteiger partial charge is 0.399 e. The first kappa shape index (κ1) is 17.2. The Morgan fingerprint density at radius 1 is 0.926 bits per heavy atom. The molecule has 1 heterocycles. The van der Waals surface area contributed by atoms with Gasteiger partial charge in [0, 0.05) is 35.4 Å². The van der Waals surface area contributed by atoms with Crippen LogP contribution < -0.4 is 16.0 Å². The van der Waals surface area contributed by atoms with Gasteiger partial charge in [0.2, 0.25) is 11.0 Å². The number of aryl methyl sites for hydroxylation is 1. The quantitative estimate of drug-likeness (QED) is 0.254. The van der Waals surface area contributed by atoms with Crippen molar-refractivity contribution in [1.29, 1.82) is 0 Å². The lowest BCUT2D eigenvalue weighted by Gasteiger charge is -2.13. The van der Waals surface area contributed by atoms with E-state index in [-0.39, 0.29) is 5.78 Å². The van der Waals surface area contributed by atoms with Crippen molar-refractivity contribution in [3.05, 3.63) is 72.3 Å². The van der Waals surface area contributed by atoms with E-state index in [1.807, 2.05) is 55.6 Å². The maximum absolute atomic E-state index is 12.8. The number of carbonyl (C=O) groups is 1. The number of fused-ring (bicyclic) bond motifs is 2. The van der Waals surface area contributed by atoms with Crippen LogP contribution in [-0.2, 0) is 7.05 Å². The van der Waals surface area contributed by atoms with E-state index in [2.05, 4.69) is 22.8 Å². The minimum absolute atomic E-state index is 0.0649. The van der Waals surface area contributed by atoms with Crippen molar-refractivity contribution in [2.45, 2.75) is 6.42 Å². The monoisotopic (exact) mass is 356 g/mol. The first-order chi connectivity index (χ1) is 13.1. The summed E-state index contributed by atoms with van der Waals surface area (Å²) in [5, 5.41) is 2.06. The molecule has 0 spiro atoms. The zero-order valence-corrected chi connectivity index (χ0v) is 15.3. The number of nitrogens with zero attached hydrogens (tertiary/aromatic N) is 1. The summed E-state index contributed by atoms with van der Waals surface area (Å²) in [6, 6.07) is 22.0. The molecule has 4 N–H and O–H groups in total. The minimum atomic E-state index is 0.0649. The number of para-hydroxylation sites is 1. The number of hydrogen-bond donors (Lipinski definition) is 2. The van der Waals surface area contributed by atoms with Gasteiger partial charge < -0.3 is 11.5 Å². The summed E-state index contributed by atoms with van der Waals surface area (Å²) in [5.74, 6) is 0.0649. The van der Waals surface area contributed by atoms with Crippen molar-refractivity contribution < 1.29 is 9.36 Å². The molecule has 0 aliphatic heterocycles.